The third-order valence-corrected chi connectivity index (χ3v) is 3.95. The fourth-order valence-corrected chi connectivity index (χ4v) is 2.18. The molecule has 0 aliphatic rings. The maximum Gasteiger partial charge on any atom is 0.244 e. The van der Waals surface area contributed by atoms with Gasteiger partial charge in [0.2, 0.25) is 5.91 Å². The first-order valence-corrected chi connectivity index (χ1v) is 7.62. The van der Waals surface area contributed by atoms with E-state index in [1.54, 1.807) is 49.4 Å². The zero-order chi connectivity index (χ0) is 16.1. The Kier molecular flexibility index (Phi) is 5.83. The number of hydrogen-bond acceptors (Lipinski definition) is 2. The number of amides is 1. The summed E-state index contributed by atoms with van der Waals surface area (Å²) >= 11 is 17.6. The first-order chi connectivity index (χ1) is 10.5. The molecule has 0 unspecified atom stereocenters. The highest BCUT2D eigenvalue weighted by atomic mass is 35.5. The number of halogens is 3. The summed E-state index contributed by atoms with van der Waals surface area (Å²) in [5.41, 5.74) is 4.82. The van der Waals surface area contributed by atoms with Crippen molar-refractivity contribution < 1.29 is 4.79 Å². The Morgan fingerprint density at radius 3 is 2.36 bits per heavy atom. The van der Waals surface area contributed by atoms with Gasteiger partial charge in [-0.1, -0.05) is 53.0 Å². The predicted octanol–water partition coefficient (Wildman–Crippen LogP) is 4.73. The largest absolute Gasteiger partial charge is 0.273 e. The molecule has 0 heterocycles. The highest BCUT2D eigenvalue weighted by Crippen LogP contribution is 2.22. The van der Waals surface area contributed by atoms with Crippen molar-refractivity contribution in [3.05, 3.63) is 68.7 Å². The Labute approximate surface area is 143 Å². The first kappa shape index (κ1) is 16.8. The molecule has 0 spiro atoms. The summed E-state index contributed by atoms with van der Waals surface area (Å²) in [6.45, 7) is 1.78. The Morgan fingerprint density at radius 2 is 1.73 bits per heavy atom. The zero-order valence-corrected chi connectivity index (χ0v) is 14.0. The van der Waals surface area contributed by atoms with E-state index in [1.165, 1.54) is 0 Å². The fourth-order valence-electron chi connectivity index (χ4n) is 1.76. The van der Waals surface area contributed by atoms with Crippen molar-refractivity contribution in [2.24, 2.45) is 5.10 Å². The number of hydrazone groups is 1. The monoisotopic (exact) mass is 354 g/mol. The summed E-state index contributed by atoms with van der Waals surface area (Å²) in [4.78, 5) is 11.9. The SMILES string of the molecule is C/C(=N/NC(=O)Cc1ccc(Cl)cc1)c1ccc(Cl)c(Cl)c1. The van der Waals surface area contributed by atoms with Crippen molar-refractivity contribution in [3.8, 4) is 0 Å². The van der Waals surface area contributed by atoms with Crippen LogP contribution in [-0.2, 0) is 11.2 Å². The van der Waals surface area contributed by atoms with Crippen LogP contribution >= 0.6 is 34.8 Å². The molecule has 0 aliphatic heterocycles. The molecule has 0 saturated heterocycles. The van der Waals surface area contributed by atoms with Gasteiger partial charge in [-0.15, -0.1) is 0 Å². The summed E-state index contributed by atoms with van der Waals surface area (Å²) in [6, 6.07) is 12.3. The summed E-state index contributed by atoms with van der Waals surface area (Å²) in [5, 5.41) is 5.63. The van der Waals surface area contributed by atoms with E-state index in [-0.39, 0.29) is 12.3 Å². The predicted molar refractivity (Wildman–Crippen MR) is 92.0 cm³/mol. The van der Waals surface area contributed by atoms with Gasteiger partial charge in [0.1, 0.15) is 0 Å². The third kappa shape index (κ3) is 4.73. The lowest BCUT2D eigenvalue weighted by atomic mass is 10.1. The number of rotatable bonds is 4. The van der Waals surface area contributed by atoms with Crippen LogP contribution in [0.1, 0.15) is 18.1 Å². The van der Waals surface area contributed by atoms with Crippen molar-refractivity contribution in [3.63, 3.8) is 0 Å². The normalized spacial score (nSPS) is 11.4. The molecule has 3 nitrogen and oxygen atoms in total. The van der Waals surface area contributed by atoms with Gasteiger partial charge >= 0.3 is 0 Å². The summed E-state index contributed by atoms with van der Waals surface area (Å²) in [5.74, 6) is -0.207. The number of carbonyl (C=O) groups excluding carboxylic acids is 1. The molecule has 0 fully saturated rings. The molecule has 0 aliphatic carbocycles. The molecular weight excluding hydrogens is 343 g/mol. The van der Waals surface area contributed by atoms with Gasteiger partial charge in [-0.05, 0) is 42.3 Å². The van der Waals surface area contributed by atoms with Gasteiger partial charge in [0.25, 0.3) is 0 Å². The van der Waals surface area contributed by atoms with Crippen LogP contribution in [0.3, 0.4) is 0 Å². The van der Waals surface area contributed by atoms with Gasteiger partial charge in [-0.25, -0.2) is 5.43 Å². The molecular formula is C16H13Cl3N2O. The van der Waals surface area contributed by atoms with Crippen molar-refractivity contribution in [2.75, 3.05) is 0 Å². The van der Waals surface area contributed by atoms with E-state index in [4.69, 9.17) is 34.8 Å². The molecule has 2 rings (SSSR count). The zero-order valence-electron chi connectivity index (χ0n) is 11.7. The number of hydrogen-bond donors (Lipinski definition) is 1. The molecule has 1 N–H and O–H groups in total. The number of benzene rings is 2. The second-order valence-corrected chi connectivity index (χ2v) is 5.92. The number of nitrogens with one attached hydrogen (secondary N) is 1. The minimum Gasteiger partial charge on any atom is -0.273 e. The van der Waals surface area contributed by atoms with E-state index >= 15 is 0 Å². The van der Waals surface area contributed by atoms with Crippen LogP contribution in [0.2, 0.25) is 15.1 Å². The molecule has 6 heteroatoms. The van der Waals surface area contributed by atoms with Gasteiger partial charge in [-0.3, -0.25) is 4.79 Å². The van der Waals surface area contributed by atoms with Crippen molar-refractivity contribution in [2.45, 2.75) is 13.3 Å². The second-order valence-electron chi connectivity index (χ2n) is 4.66. The van der Waals surface area contributed by atoms with Gasteiger partial charge in [0.15, 0.2) is 0 Å². The number of nitrogens with zero attached hydrogens (tertiary/aromatic N) is 1. The highest BCUT2D eigenvalue weighted by Gasteiger charge is 2.05. The van der Waals surface area contributed by atoms with Crippen molar-refractivity contribution >= 4 is 46.4 Å². The maximum absolute atomic E-state index is 11.9. The molecule has 114 valence electrons. The summed E-state index contributed by atoms with van der Waals surface area (Å²) in [7, 11) is 0. The summed E-state index contributed by atoms with van der Waals surface area (Å²) in [6.07, 6.45) is 0.231. The topological polar surface area (TPSA) is 41.5 Å². The summed E-state index contributed by atoms with van der Waals surface area (Å²) < 4.78 is 0. The van der Waals surface area contributed by atoms with Crippen LogP contribution in [0.15, 0.2) is 47.6 Å². The van der Waals surface area contributed by atoms with E-state index in [1.807, 2.05) is 0 Å². The van der Waals surface area contributed by atoms with Crippen molar-refractivity contribution in [1.29, 1.82) is 0 Å². The van der Waals surface area contributed by atoms with Crippen LogP contribution in [-0.4, -0.2) is 11.6 Å². The molecule has 1 amide bonds. The fraction of sp³-hybridized carbons (Fsp3) is 0.125. The van der Waals surface area contributed by atoms with Gasteiger partial charge in [0, 0.05) is 5.02 Å². The first-order valence-electron chi connectivity index (χ1n) is 6.48. The molecule has 2 aromatic carbocycles. The lowest BCUT2D eigenvalue weighted by molar-refractivity contribution is -0.120. The molecule has 0 saturated carbocycles. The average Bonchev–Trinajstić information content (AvgIpc) is 2.50. The van der Waals surface area contributed by atoms with Gasteiger partial charge in [0.05, 0.1) is 22.2 Å². The lowest BCUT2D eigenvalue weighted by Crippen LogP contribution is -2.21. The average molecular weight is 356 g/mol. The third-order valence-electron chi connectivity index (χ3n) is 2.96. The lowest BCUT2D eigenvalue weighted by Gasteiger charge is -2.05. The van der Waals surface area contributed by atoms with E-state index in [9.17, 15) is 4.79 Å². The van der Waals surface area contributed by atoms with Crippen LogP contribution in [0, 0.1) is 0 Å². The number of carbonyl (C=O) groups is 1. The quantitative estimate of drug-likeness (QED) is 0.625. The van der Waals surface area contributed by atoms with Crippen LogP contribution < -0.4 is 5.43 Å². The second kappa shape index (κ2) is 7.63. The standard InChI is InChI=1S/C16H13Cl3N2O/c1-10(12-4-7-14(18)15(19)9-12)20-21-16(22)8-11-2-5-13(17)6-3-11/h2-7,9H,8H2,1H3,(H,21,22)/b20-10-. The Bertz CT molecular complexity index is 712. The molecule has 22 heavy (non-hydrogen) atoms. The van der Waals surface area contributed by atoms with Gasteiger partial charge < -0.3 is 0 Å². The van der Waals surface area contributed by atoms with Crippen molar-refractivity contribution in [1.82, 2.24) is 5.43 Å². The van der Waals surface area contributed by atoms with Crippen LogP contribution in [0.5, 0.6) is 0 Å². The van der Waals surface area contributed by atoms with E-state index in [2.05, 4.69) is 10.5 Å². The minimum atomic E-state index is -0.207. The smallest absolute Gasteiger partial charge is 0.244 e. The highest BCUT2D eigenvalue weighted by molar-refractivity contribution is 6.42. The Hall–Kier alpha value is -1.55. The van der Waals surface area contributed by atoms with Gasteiger partial charge in [-0.2, -0.15) is 5.10 Å². The molecule has 0 atom stereocenters. The maximum atomic E-state index is 11.9. The van der Waals surface area contributed by atoms with E-state index in [0.717, 1.165) is 11.1 Å². The van der Waals surface area contributed by atoms with E-state index in [0.29, 0.717) is 20.8 Å². The molecule has 0 radical (unpaired) electrons. The minimum absolute atomic E-state index is 0.207. The van der Waals surface area contributed by atoms with Crippen LogP contribution in [0.25, 0.3) is 0 Å². The molecule has 0 bridgehead atoms. The van der Waals surface area contributed by atoms with Crippen LogP contribution in [0.4, 0.5) is 0 Å². The Morgan fingerprint density at radius 1 is 1.05 bits per heavy atom. The molecule has 0 aromatic heterocycles. The Balaban J connectivity index is 1.99. The molecule has 2 aromatic rings. The van der Waals surface area contributed by atoms with E-state index < -0.39 is 0 Å².